The summed E-state index contributed by atoms with van der Waals surface area (Å²) in [4.78, 5) is 23.2. The fraction of sp³-hybridized carbons (Fsp3) is 0.261. The van der Waals surface area contributed by atoms with Crippen LogP contribution in [0.2, 0.25) is 0 Å². The van der Waals surface area contributed by atoms with Crippen LogP contribution in [0.1, 0.15) is 19.7 Å². The molecule has 1 aromatic heterocycles. The normalized spacial score (nSPS) is 10.4. The van der Waals surface area contributed by atoms with Gasteiger partial charge in [0.2, 0.25) is 0 Å². The topological polar surface area (TPSA) is 79.4 Å². The smallest absolute Gasteiger partial charge is 0.262 e. The summed E-state index contributed by atoms with van der Waals surface area (Å²) in [5.74, 6) is 2.80. The molecule has 156 valence electrons. The molecular formula is C23H27N5O2. The Bertz CT molecular complexity index is 957. The number of rotatable bonds is 9. The fourth-order valence-electron chi connectivity index (χ4n) is 2.97. The van der Waals surface area contributed by atoms with E-state index < -0.39 is 0 Å². The van der Waals surface area contributed by atoms with Crippen molar-refractivity contribution in [2.24, 2.45) is 0 Å². The van der Waals surface area contributed by atoms with Crippen LogP contribution in [0.25, 0.3) is 0 Å². The lowest BCUT2D eigenvalue weighted by atomic mass is 10.2. The van der Waals surface area contributed by atoms with Gasteiger partial charge in [0.15, 0.2) is 6.61 Å². The molecule has 0 radical (unpaired) electrons. The molecule has 0 aliphatic carbocycles. The monoisotopic (exact) mass is 405 g/mol. The van der Waals surface area contributed by atoms with Crippen LogP contribution in [0.3, 0.4) is 0 Å². The van der Waals surface area contributed by atoms with E-state index in [1.807, 2.05) is 67.6 Å². The summed E-state index contributed by atoms with van der Waals surface area (Å²) in [6, 6.07) is 18.6. The number of aryl methyl sites for hydroxylation is 1. The number of carbonyl (C=O) groups excluding carboxylic acids is 1. The van der Waals surface area contributed by atoms with Gasteiger partial charge < -0.3 is 20.3 Å². The first-order valence-electron chi connectivity index (χ1n) is 10.0. The number of anilines is 4. The molecule has 2 aromatic carbocycles. The molecule has 7 heteroatoms. The first-order valence-corrected chi connectivity index (χ1v) is 10.0. The van der Waals surface area contributed by atoms with Crippen LogP contribution in [0.4, 0.5) is 23.0 Å². The summed E-state index contributed by atoms with van der Waals surface area (Å²) in [5, 5.41) is 6.13. The first-order chi connectivity index (χ1) is 14.6. The van der Waals surface area contributed by atoms with Gasteiger partial charge in [-0.3, -0.25) is 4.79 Å². The highest BCUT2D eigenvalue weighted by Crippen LogP contribution is 2.21. The third-order valence-electron chi connectivity index (χ3n) is 4.47. The van der Waals surface area contributed by atoms with Gasteiger partial charge in [0.1, 0.15) is 23.2 Å². The first kappa shape index (κ1) is 21.1. The average molecular weight is 406 g/mol. The highest BCUT2D eigenvalue weighted by Gasteiger charge is 2.08. The Morgan fingerprint density at radius 1 is 0.967 bits per heavy atom. The zero-order valence-electron chi connectivity index (χ0n) is 17.6. The van der Waals surface area contributed by atoms with Gasteiger partial charge >= 0.3 is 0 Å². The van der Waals surface area contributed by atoms with Crippen molar-refractivity contribution in [2.45, 2.75) is 20.8 Å². The van der Waals surface area contributed by atoms with E-state index in [9.17, 15) is 4.79 Å². The van der Waals surface area contributed by atoms with Crippen LogP contribution < -0.4 is 20.3 Å². The molecule has 2 N–H and O–H groups in total. The minimum atomic E-state index is -0.213. The Morgan fingerprint density at radius 2 is 1.63 bits per heavy atom. The SMILES string of the molecule is CCN(CC)c1cc(Nc2ccc(NC(=O)COc3ccccc3)cc2)nc(C)n1. The van der Waals surface area contributed by atoms with Crippen molar-refractivity contribution in [1.29, 1.82) is 0 Å². The Balaban J connectivity index is 1.58. The van der Waals surface area contributed by atoms with Crippen molar-refractivity contribution < 1.29 is 9.53 Å². The Morgan fingerprint density at radius 3 is 2.30 bits per heavy atom. The predicted molar refractivity (Wildman–Crippen MR) is 121 cm³/mol. The van der Waals surface area contributed by atoms with Crippen LogP contribution in [0.5, 0.6) is 5.75 Å². The molecule has 1 heterocycles. The van der Waals surface area contributed by atoms with Gasteiger partial charge in [0, 0.05) is 30.5 Å². The Hall–Kier alpha value is -3.61. The van der Waals surface area contributed by atoms with Crippen LogP contribution in [0, 0.1) is 6.92 Å². The second-order valence-electron chi connectivity index (χ2n) is 6.68. The summed E-state index contributed by atoms with van der Waals surface area (Å²) in [6.45, 7) is 7.81. The number of carbonyl (C=O) groups is 1. The molecule has 0 unspecified atom stereocenters. The van der Waals surface area contributed by atoms with E-state index in [-0.39, 0.29) is 12.5 Å². The summed E-state index contributed by atoms with van der Waals surface area (Å²) >= 11 is 0. The second kappa shape index (κ2) is 10.2. The molecule has 30 heavy (non-hydrogen) atoms. The van der Waals surface area contributed by atoms with E-state index >= 15 is 0 Å². The molecule has 7 nitrogen and oxygen atoms in total. The third kappa shape index (κ3) is 5.94. The second-order valence-corrected chi connectivity index (χ2v) is 6.68. The van der Waals surface area contributed by atoms with Crippen LogP contribution in [-0.4, -0.2) is 35.6 Å². The largest absolute Gasteiger partial charge is 0.484 e. The number of hydrogen-bond acceptors (Lipinski definition) is 6. The van der Waals surface area contributed by atoms with Crippen molar-refractivity contribution in [3.63, 3.8) is 0 Å². The number of nitrogens with zero attached hydrogens (tertiary/aromatic N) is 3. The lowest BCUT2D eigenvalue weighted by Gasteiger charge is -2.20. The lowest BCUT2D eigenvalue weighted by molar-refractivity contribution is -0.118. The Kier molecular flexibility index (Phi) is 7.21. The van der Waals surface area contributed by atoms with Crippen molar-refractivity contribution in [3.05, 3.63) is 66.5 Å². The summed E-state index contributed by atoms with van der Waals surface area (Å²) < 4.78 is 5.46. The standard InChI is InChI=1S/C23H27N5O2/c1-4-28(5-2)22-15-21(24-17(3)25-22)26-18-11-13-19(14-12-18)27-23(29)16-30-20-9-7-6-8-10-20/h6-15H,4-5,16H2,1-3H3,(H,27,29)(H,24,25,26). The number of nitrogens with one attached hydrogen (secondary N) is 2. The maximum Gasteiger partial charge on any atom is 0.262 e. The van der Waals surface area contributed by atoms with Crippen LogP contribution in [0.15, 0.2) is 60.7 Å². The molecule has 3 aromatic rings. The maximum atomic E-state index is 12.1. The minimum absolute atomic E-state index is 0.0433. The van der Waals surface area contributed by atoms with E-state index in [0.717, 1.165) is 30.4 Å². The molecule has 0 fully saturated rings. The number of amides is 1. The highest BCUT2D eigenvalue weighted by atomic mass is 16.5. The van der Waals surface area contributed by atoms with E-state index in [4.69, 9.17) is 4.74 Å². The van der Waals surface area contributed by atoms with Crippen molar-refractivity contribution >= 4 is 28.9 Å². The number of ether oxygens (including phenoxy) is 1. The minimum Gasteiger partial charge on any atom is -0.484 e. The van der Waals surface area contributed by atoms with Gasteiger partial charge in [0.25, 0.3) is 5.91 Å². The summed E-state index contributed by atoms with van der Waals surface area (Å²) in [7, 11) is 0. The molecule has 0 spiro atoms. The Labute approximate surface area is 177 Å². The van der Waals surface area contributed by atoms with E-state index in [0.29, 0.717) is 17.3 Å². The molecule has 0 atom stereocenters. The summed E-state index contributed by atoms with van der Waals surface area (Å²) in [6.07, 6.45) is 0. The molecule has 0 aliphatic rings. The summed E-state index contributed by atoms with van der Waals surface area (Å²) in [5.41, 5.74) is 1.57. The van der Waals surface area contributed by atoms with Crippen LogP contribution in [-0.2, 0) is 4.79 Å². The molecule has 0 bridgehead atoms. The third-order valence-corrected chi connectivity index (χ3v) is 4.47. The van der Waals surface area contributed by atoms with E-state index in [1.165, 1.54) is 0 Å². The maximum absolute atomic E-state index is 12.1. The van der Waals surface area contributed by atoms with Gasteiger partial charge in [-0.1, -0.05) is 18.2 Å². The van der Waals surface area contributed by atoms with E-state index in [1.54, 1.807) is 0 Å². The molecule has 3 rings (SSSR count). The fourth-order valence-corrected chi connectivity index (χ4v) is 2.97. The molecule has 0 saturated heterocycles. The number of para-hydroxylation sites is 1. The number of benzene rings is 2. The quantitative estimate of drug-likeness (QED) is 0.550. The lowest BCUT2D eigenvalue weighted by Crippen LogP contribution is -2.23. The van der Waals surface area contributed by atoms with Crippen molar-refractivity contribution in [2.75, 3.05) is 35.2 Å². The van der Waals surface area contributed by atoms with Crippen LogP contribution >= 0.6 is 0 Å². The van der Waals surface area contributed by atoms with Gasteiger partial charge in [-0.05, 0) is 57.2 Å². The van der Waals surface area contributed by atoms with Gasteiger partial charge in [-0.2, -0.15) is 0 Å². The van der Waals surface area contributed by atoms with Gasteiger partial charge in [-0.15, -0.1) is 0 Å². The zero-order chi connectivity index (χ0) is 21.3. The zero-order valence-corrected chi connectivity index (χ0v) is 17.6. The van der Waals surface area contributed by atoms with Crippen molar-refractivity contribution in [1.82, 2.24) is 9.97 Å². The molecule has 0 saturated carbocycles. The molecule has 0 aliphatic heterocycles. The van der Waals surface area contributed by atoms with Gasteiger partial charge in [-0.25, -0.2) is 9.97 Å². The molecule has 1 amide bonds. The molecular weight excluding hydrogens is 378 g/mol. The van der Waals surface area contributed by atoms with Crippen molar-refractivity contribution in [3.8, 4) is 5.75 Å². The highest BCUT2D eigenvalue weighted by molar-refractivity contribution is 5.92. The van der Waals surface area contributed by atoms with E-state index in [2.05, 4.69) is 39.3 Å². The van der Waals surface area contributed by atoms with Gasteiger partial charge in [0.05, 0.1) is 0 Å². The average Bonchev–Trinajstić information content (AvgIpc) is 2.75. The number of hydrogen-bond donors (Lipinski definition) is 2. The number of aromatic nitrogens is 2. The predicted octanol–water partition coefficient (Wildman–Crippen LogP) is 4.39.